The summed E-state index contributed by atoms with van der Waals surface area (Å²) in [6.07, 6.45) is 0. The van der Waals surface area contributed by atoms with Crippen LogP contribution in [0.25, 0.3) is 0 Å². The molecule has 6 nitrogen and oxygen atoms in total. The summed E-state index contributed by atoms with van der Waals surface area (Å²) in [5.74, 6) is -0.282. The van der Waals surface area contributed by atoms with Crippen LogP contribution in [0.2, 0.25) is 0 Å². The maximum atomic E-state index is 11.9. The van der Waals surface area contributed by atoms with Crippen LogP contribution in [0.1, 0.15) is 10.4 Å². The van der Waals surface area contributed by atoms with E-state index in [9.17, 15) is 14.9 Å². The van der Waals surface area contributed by atoms with Crippen LogP contribution in [0.15, 0.2) is 59.6 Å². The number of carbonyl (C=O) groups excluding carboxylic acids is 1. The van der Waals surface area contributed by atoms with Crippen LogP contribution < -0.4 is 5.32 Å². The number of nitro groups is 1. The molecule has 105 valence electrons. The minimum atomic E-state index is -0.482. The van der Waals surface area contributed by atoms with Crippen LogP contribution in [-0.2, 0) is 0 Å². The van der Waals surface area contributed by atoms with Gasteiger partial charge in [0, 0.05) is 0 Å². The fraction of sp³-hybridized carbons (Fsp3) is 0. The first-order valence-corrected chi connectivity index (χ1v) is 6.78. The van der Waals surface area contributed by atoms with E-state index in [-0.39, 0.29) is 16.3 Å². The number of non-ortho nitro benzene ring substituents is 1. The van der Waals surface area contributed by atoms with E-state index in [1.807, 2.05) is 6.07 Å². The Bertz CT molecular complexity index is 684. The van der Waals surface area contributed by atoms with Crippen molar-refractivity contribution >= 4 is 38.0 Å². The number of amides is 1. The van der Waals surface area contributed by atoms with Crippen molar-refractivity contribution in [2.45, 2.75) is 0 Å². The van der Waals surface area contributed by atoms with Crippen LogP contribution in [-0.4, -0.2) is 31.6 Å². The molecule has 0 fully saturated rings. The summed E-state index contributed by atoms with van der Waals surface area (Å²) < 4.78 is 0.290. The first-order chi connectivity index (χ1) is 10.1. The van der Waals surface area contributed by atoms with Gasteiger partial charge in [-0.2, -0.15) is 0 Å². The maximum absolute atomic E-state index is 11.9. The molecule has 1 radical (unpaired) electrons. The fourth-order valence-corrected chi connectivity index (χ4v) is 1.97. The number of hydrogen-bond donors (Lipinski definition) is 1. The molecular formula is C14H10N3O3Se. The van der Waals surface area contributed by atoms with Gasteiger partial charge in [-0.25, -0.2) is 0 Å². The number of nitrogens with zero attached hydrogens (tertiary/aromatic N) is 2. The number of aliphatic imine (C=N–C) groups is 1. The molecule has 0 unspecified atom stereocenters. The second kappa shape index (κ2) is 6.78. The number of nitrogens with one attached hydrogen (secondary N) is 1. The van der Waals surface area contributed by atoms with Crippen LogP contribution in [0.3, 0.4) is 0 Å². The minimum absolute atomic E-state index is 0.0103. The molecule has 0 saturated heterocycles. The zero-order valence-electron chi connectivity index (χ0n) is 10.7. The number of carbonyl (C=O) groups is 1. The van der Waals surface area contributed by atoms with Crippen molar-refractivity contribution < 1.29 is 9.72 Å². The molecule has 0 bridgehead atoms. The summed E-state index contributed by atoms with van der Waals surface area (Å²) in [6, 6.07) is 14.4. The van der Waals surface area contributed by atoms with E-state index < -0.39 is 4.92 Å². The molecule has 0 aliphatic carbocycles. The standard InChI is InChI=1S/C14H10N3O3Se/c18-13(10-4-2-1-3-5-10)16-14(21)15-11-6-8-12(9-7-11)17(19)20/h1-9H,(H,15,16,18). The molecule has 0 aromatic heterocycles. The van der Waals surface area contributed by atoms with Crippen LogP contribution in [0.5, 0.6) is 0 Å². The number of nitro benzene ring substituents is 1. The van der Waals surface area contributed by atoms with Gasteiger partial charge in [0.2, 0.25) is 0 Å². The Kier molecular flexibility index (Phi) is 4.81. The topological polar surface area (TPSA) is 84.6 Å². The average molecular weight is 347 g/mol. The Morgan fingerprint density at radius 1 is 1.10 bits per heavy atom. The van der Waals surface area contributed by atoms with E-state index in [1.165, 1.54) is 24.3 Å². The molecule has 1 amide bonds. The number of rotatable bonds is 3. The Hall–Kier alpha value is -2.50. The number of hydrogen-bond acceptors (Lipinski definition) is 4. The second-order valence-corrected chi connectivity index (χ2v) is 4.82. The Labute approximate surface area is 128 Å². The Morgan fingerprint density at radius 3 is 2.29 bits per heavy atom. The number of amidine groups is 1. The van der Waals surface area contributed by atoms with Crippen molar-refractivity contribution in [2.24, 2.45) is 4.99 Å². The van der Waals surface area contributed by atoms with Crippen LogP contribution in [0.4, 0.5) is 11.4 Å². The van der Waals surface area contributed by atoms with Crippen molar-refractivity contribution in [3.63, 3.8) is 0 Å². The van der Waals surface area contributed by atoms with E-state index >= 15 is 0 Å². The molecular weight excluding hydrogens is 337 g/mol. The monoisotopic (exact) mass is 348 g/mol. The van der Waals surface area contributed by atoms with Crippen LogP contribution >= 0.6 is 0 Å². The van der Waals surface area contributed by atoms with Gasteiger partial charge in [0.25, 0.3) is 0 Å². The van der Waals surface area contributed by atoms with Crippen molar-refractivity contribution in [1.82, 2.24) is 5.32 Å². The summed E-state index contributed by atoms with van der Waals surface area (Å²) in [4.78, 5) is 26.1. The van der Waals surface area contributed by atoms with Gasteiger partial charge >= 0.3 is 128 Å². The van der Waals surface area contributed by atoms with Gasteiger partial charge in [-0.3, -0.25) is 0 Å². The molecule has 0 atom stereocenters. The second-order valence-electron chi connectivity index (χ2n) is 4.01. The molecule has 1 N–H and O–H groups in total. The normalized spacial score (nSPS) is 11.0. The molecule has 0 aliphatic heterocycles. The van der Waals surface area contributed by atoms with Gasteiger partial charge < -0.3 is 0 Å². The van der Waals surface area contributed by atoms with Crippen molar-refractivity contribution in [3.05, 3.63) is 70.3 Å². The molecule has 2 rings (SSSR count). The molecule has 0 aliphatic rings. The molecule has 0 heterocycles. The van der Waals surface area contributed by atoms with Gasteiger partial charge in [0.15, 0.2) is 0 Å². The third-order valence-corrected chi connectivity index (χ3v) is 2.95. The predicted molar refractivity (Wildman–Crippen MR) is 79.9 cm³/mol. The van der Waals surface area contributed by atoms with Crippen LogP contribution in [0, 0.1) is 10.1 Å². The third-order valence-electron chi connectivity index (χ3n) is 2.55. The van der Waals surface area contributed by atoms with Crippen molar-refractivity contribution in [3.8, 4) is 0 Å². The first-order valence-electron chi connectivity index (χ1n) is 5.93. The Balaban J connectivity index is 2.07. The van der Waals surface area contributed by atoms with Gasteiger partial charge in [-0.15, -0.1) is 0 Å². The fourth-order valence-electron chi connectivity index (χ4n) is 1.55. The SMILES string of the molecule is O=C(NC([Se])=Nc1ccc([N+](=O)[O-])cc1)c1ccccc1. The molecule has 7 heteroatoms. The summed E-state index contributed by atoms with van der Waals surface area (Å²) in [6.45, 7) is 0. The van der Waals surface area contributed by atoms with E-state index in [0.29, 0.717) is 11.3 Å². The van der Waals surface area contributed by atoms with Gasteiger partial charge in [0.05, 0.1) is 0 Å². The molecule has 2 aromatic carbocycles. The zero-order chi connectivity index (χ0) is 15.2. The van der Waals surface area contributed by atoms with E-state index in [1.54, 1.807) is 24.3 Å². The summed E-state index contributed by atoms with van der Waals surface area (Å²) in [7, 11) is 0. The third kappa shape index (κ3) is 4.24. The molecule has 0 spiro atoms. The van der Waals surface area contributed by atoms with E-state index in [2.05, 4.69) is 26.3 Å². The molecule has 0 saturated carbocycles. The van der Waals surface area contributed by atoms with Gasteiger partial charge in [-0.05, 0) is 0 Å². The molecule has 2 aromatic rings. The van der Waals surface area contributed by atoms with Crippen molar-refractivity contribution in [1.29, 1.82) is 0 Å². The summed E-state index contributed by atoms with van der Waals surface area (Å²) in [5, 5.41) is 13.1. The first kappa shape index (κ1) is 14.9. The predicted octanol–water partition coefficient (Wildman–Crippen LogP) is 2.18. The summed E-state index contributed by atoms with van der Waals surface area (Å²) in [5.41, 5.74) is 1.01. The quantitative estimate of drug-likeness (QED) is 0.304. The summed E-state index contributed by atoms with van der Waals surface area (Å²) >= 11 is 2.65. The average Bonchev–Trinajstić information content (AvgIpc) is 2.48. The van der Waals surface area contributed by atoms with Crippen molar-refractivity contribution in [2.75, 3.05) is 0 Å². The van der Waals surface area contributed by atoms with E-state index in [0.717, 1.165) is 0 Å². The van der Waals surface area contributed by atoms with E-state index in [4.69, 9.17) is 0 Å². The zero-order valence-corrected chi connectivity index (χ0v) is 12.4. The molecule has 21 heavy (non-hydrogen) atoms. The Morgan fingerprint density at radius 2 is 1.71 bits per heavy atom. The number of benzene rings is 2. The van der Waals surface area contributed by atoms with Gasteiger partial charge in [-0.1, -0.05) is 0 Å². The van der Waals surface area contributed by atoms with Gasteiger partial charge in [0.1, 0.15) is 0 Å².